The SMILES string of the molecule is COc1ccc([C@H](OC(=O)Nc2ccc(Br)cc2)[C@H](CC/C=C/C(=O)O)Oc2ccccc2)cc1O. The molecule has 0 fully saturated rings. The number of amides is 1. The second-order valence-corrected chi connectivity index (χ2v) is 8.59. The summed E-state index contributed by atoms with van der Waals surface area (Å²) in [6.07, 6.45) is 0.843. The van der Waals surface area contributed by atoms with Crippen LogP contribution in [0.15, 0.2) is 89.4 Å². The Kier molecular flexibility index (Phi) is 9.76. The van der Waals surface area contributed by atoms with E-state index in [1.807, 2.05) is 18.2 Å². The molecule has 8 nitrogen and oxygen atoms in total. The Morgan fingerprint density at radius 1 is 1.06 bits per heavy atom. The maximum Gasteiger partial charge on any atom is 0.412 e. The molecule has 0 unspecified atom stereocenters. The zero-order chi connectivity index (χ0) is 25.9. The smallest absolute Gasteiger partial charge is 0.412 e. The first-order valence-corrected chi connectivity index (χ1v) is 11.9. The van der Waals surface area contributed by atoms with Crippen LogP contribution in [0.25, 0.3) is 0 Å². The number of para-hydroxylation sites is 1. The highest BCUT2D eigenvalue weighted by atomic mass is 79.9. The summed E-state index contributed by atoms with van der Waals surface area (Å²) in [7, 11) is 1.43. The van der Waals surface area contributed by atoms with Gasteiger partial charge in [0.1, 0.15) is 11.9 Å². The lowest BCUT2D eigenvalue weighted by Gasteiger charge is -2.28. The largest absolute Gasteiger partial charge is 0.504 e. The number of carboxylic acids is 1. The third-order valence-corrected chi connectivity index (χ3v) is 5.63. The van der Waals surface area contributed by atoms with E-state index in [4.69, 9.17) is 19.3 Å². The molecule has 0 aliphatic carbocycles. The molecule has 3 aromatic rings. The van der Waals surface area contributed by atoms with Crippen LogP contribution in [0.5, 0.6) is 17.2 Å². The van der Waals surface area contributed by atoms with Gasteiger partial charge in [-0.25, -0.2) is 9.59 Å². The van der Waals surface area contributed by atoms with E-state index in [0.29, 0.717) is 29.8 Å². The topological polar surface area (TPSA) is 114 Å². The minimum Gasteiger partial charge on any atom is -0.504 e. The summed E-state index contributed by atoms with van der Waals surface area (Å²) in [5, 5.41) is 22.0. The molecule has 3 N–H and O–H groups in total. The van der Waals surface area contributed by atoms with Gasteiger partial charge in [0, 0.05) is 21.8 Å². The first kappa shape index (κ1) is 26.6. The maximum absolute atomic E-state index is 12.9. The van der Waals surface area contributed by atoms with Gasteiger partial charge in [0.2, 0.25) is 0 Å². The zero-order valence-corrected chi connectivity index (χ0v) is 21.1. The molecule has 0 aliphatic heterocycles. The van der Waals surface area contributed by atoms with Crippen molar-refractivity contribution in [2.75, 3.05) is 12.4 Å². The van der Waals surface area contributed by atoms with Crippen LogP contribution in [-0.4, -0.2) is 35.5 Å². The van der Waals surface area contributed by atoms with Crippen LogP contribution in [0.2, 0.25) is 0 Å². The van der Waals surface area contributed by atoms with Gasteiger partial charge in [0.05, 0.1) is 7.11 Å². The molecule has 0 heterocycles. The van der Waals surface area contributed by atoms with Crippen molar-refractivity contribution < 1.29 is 34.0 Å². The summed E-state index contributed by atoms with van der Waals surface area (Å²) in [5.74, 6) is -0.371. The number of hydrogen-bond acceptors (Lipinski definition) is 6. The van der Waals surface area contributed by atoms with Crippen molar-refractivity contribution in [2.45, 2.75) is 25.0 Å². The van der Waals surface area contributed by atoms with Gasteiger partial charge in [-0.1, -0.05) is 46.3 Å². The van der Waals surface area contributed by atoms with Crippen LogP contribution in [0, 0.1) is 0 Å². The number of rotatable bonds is 11. The van der Waals surface area contributed by atoms with Crippen molar-refractivity contribution >= 4 is 33.7 Å². The molecule has 0 bridgehead atoms. The van der Waals surface area contributed by atoms with Crippen LogP contribution >= 0.6 is 15.9 Å². The molecular weight excluding hydrogens is 530 g/mol. The molecule has 0 aromatic heterocycles. The Balaban J connectivity index is 1.92. The molecule has 188 valence electrons. The normalized spacial score (nSPS) is 12.5. The average Bonchev–Trinajstić information content (AvgIpc) is 2.86. The van der Waals surface area contributed by atoms with Gasteiger partial charge in [-0.3, -0.25) is 5.32 Å². The van der Waals surface area contributed by atoms with Crippen molar-refractivity contribution in [3.63, 3.8) is 0 Å². The van der Waals surface area contributed by atoms with E-state index in [9.17, 15) is 14.7 Å². The highest BCUT2D eigenvalue weighted by Gasteiger charge is 2.30. The Morgan fingerprint density at radius 2 is 1.78 bits per heavy atom. The van der Waals surface area contributed by atoms with E-state index >= 15 is 0 Å². The molecule has 0 radical (unpaired) electrons. The van der Waals surface area contributed by atoms with Crippen LogP contribution in [0.3, 0.4) is 0 Å². The first-order valence-electron chi connectivity index (χ1n) is 11.1. The molecular formula is C27H26BrNO7. The standard InChI is InChI=1S/C27H26BrNO7/c1-34-23-16-11-18(17-22(23)30)26(36-27(33)29-20-14-12-19(28)13-15-20)24(9-5-6-10-25(31)32)35-21-7-3-2-4-8-21/h2-4,6-8,10-17,24,26,30H,5,9H2,1H3,(H,29,33)(H,31,32)/b10-6+/t24-,26-/m0/s1. The third-order valence-electron chi connectivity index (χ3n) is 5.10. The molecule has 0 saturated heterocycles. The molecule has 0 spiro atoms. The number of phenols is 1. The van der Waals surface area contributed by atoms with Crippen molar-refractivity contribution in [2.24, 2.45) is 0 Å². The van der Waals surface area contributed by atoms with Crippen molar-refractivity contribution in [1.29, 1.82) is 0 Å². The minimum absolute atomic E-state index is 0.124. The number of allylic oxidation sites excluding steroid dienone is 1. The number of benzene rings is 3. The van der Waals surface area contributed by atoms with E-state index in [-0.39, 0.29) is 11.5 Å². The molecule has 3 rings (SSSR count). The number of methoxy groups -OCH3 is 1. The maximum atomic E-state index is 12.9. The lowest BCUT2D eigenvalue weighted by atomic mass is 9.99. The fourth-order valence-corrected chi connectivity index (χ4v) is 3.69. The van der Waals surface area contributed by atoms with Crippen LogP contribution in [0.1, 0.15) is 24.5 Å². The van der Waals surface area contributed by atoms with E-state index < -0.39 is 24.3 Å². The molecule has 0 saturated carbocycles. The average molecular weight is 556 g/mol. The second kappa shape index (κ2) is 13.2. The van der Waals surface area contributed by atoms with Crippen LogP contribution in [-0.2, 0) is 9.53 Å². The van der Waals surface area contributed by atoms with Gasteiger partial charge >= 0.3 is 12.1 Å². The number of ether oxygens (including phenoxy) is 3. The van der Waals surface area contributed by atoms with E-state index in [2.05, 4.69) is 21.2 Å². The van der Waals surface area contributed by atoms with Crippen molar-refractivity contribution in [3.05, 3.63) is 95.0 Å². The van der Waals surface area contributed by atoms with Gasteiger partial charge in [-0.2, -0.15) is 0 Å². The summed E-state index contributed by atoms with van der Waals surface area (Å²) in [4.78, 5) is 23.8. The second-order valence-electron chi connectivity index (χ2n) is 7.68. The van der Waals surface area contributed by atoms with Gasteiger partial charge in [-0.05, 0) is 61.4 Å². The van der Waals surface area contributed by atoms with Gasteiger partial charge in [0.25, 0.3) is 0 Å². The lowest BCUT2D eigenvalue weighted by Crippen LogP contribution is -2.31. The number of nitrogens with one attached hydrogen (secondary N) is 1. The zero-order valence-electron chi connectivity index (χ0n) is 19.5. The number of carbonyl (C=O) groups is 2. The Labute approximate surface area is 217 Å². The number of carboxylic acid groups (broad SMARTS) is 1. The van der Waals surface area contributed by atoms with E-state index in [0.717, 1.165) is 10.5 Å². The molecule has 9 heteroatoms. The number of phenolic OH excluding ortho intramolecular Hbond substituents is 1. The van der Waals surface area contributed by atoms with Gasteiger partial charge in [0.15, 0.2) is 17.6 Å². The van der Waals surface area contributed by atoms with Crippen LogP contribution < -0.4 is 14.8 Å². The number of aromatic hydroxyl groups is 1. The van der Waals surface area contributed by atoms with Gasteiger partial charge < -0.3 is 24.4 Å². The van der Waals surface area contributed by atoms with Gasteiger partial charge in [-0.15, -0.1) is 0 Å². The van der Waals surface area contributed by atoms with Crippen molar-refractivity contribution in [1.82, 2.24) is 0 Å². The summed E-state index contributed by atoms with van der Waals surface area (Å²) in [6.45, 7) is 0. The predicted octanol–water partition coefficient (Wildman–Crippen LogP) is 6.32. The fourth-order valence-electron chi connectivity index (χ4n) is 3.43. The lowest BCUT2D eigenvalue weighted by molar-refractivity contribution is -0.131. The predicted molar refractivity (Wildman–Crippen MR) is 139 cm³/mol. The molecule has 0 aliphatic rings. The number of aliphatic carboxylic acids is 1. The summed E-state index contributed by atoms with van der Waals surface area (Å²) in [6, 6.07) is 20.7. The highest BCUT2D eigenvalue weighted by molar-refractivity contribution is 9.10. The molecule has 36 heavy (non-hydrogen) atoms. The van der Waals surface area contributed by atoms with E-state index in [1.165, 1.54) is 19.3 Å². The minimum atomic E-state index is -1.06. The first-order chi connectivity index (χ1) is 17.4. The monoisotopic (exact) mass is 555 g/mol. The number of halogens is 1. The summed E-state index contributed by atoms with van der Waals surface area (Å²) < 4.78 is 18.0. The molecule has 2 atom stereocenters. The summed E-state index contributed by atoms with van der Waals surface area (Å²) >= 11 is 3.35. The van der Waals surface area contributed by atoms with Crippen molar-refractivity contribution in [3.8, 4) is 17.2 Å². The Hall–Kier alpha value is -3.98. The van der Waals surface area contributed by atoms with Crippen LogP contribution in [0.4, 0.5) is 10.5 Å². The quantitative estimate of drug-likeness (QED) is 0.237. The highest BCUT2D eigenvalue weighted by Crippen LogP contribution is 2.34. The Morgan fingerprint density at radius 3 is 2.42 bits per heavy atom. The number of anilines is 1. The molecule has 3 aromatic carbocycles. The fraction of sp³-hybridized carbons (Fsp3) is 0.185. The number of hydrogen-bond donors (Lipinski definition) is 3. The number of carbonyl (C=O) groups excluding carboxylic acids is 1. The Bertz CT molecular complexity index is 1180. The molecule has 1 amide bonds. The van der Waals surface area contributed by atoms with E-state index in [1.54, 1.807) is 48.5 Å². The summed E-state index contributed by atoms with van der Waals surface area (Å²) in [5.41, 5.74) is 1.01. The third kappa shape index (κ3) is 8.06.